The predicted octanol–water partition coefficient (Wildman–Crippen LogP) is 2.01. The zero-order chi connectivity index (χ0) is 26.1. The molecule has 0 spiro atoms. The molecule has 2 atom stereocenters. The highest BCUT2D eigenvalue weighted by Gasteiger charge is 2.51. The second-order valence-electron chi connectivity index (χ2n) is 8.77. The minimum atomic E-state index is -1.54. The molecule has 3 rings (SSSR count). The SMILES string of the molecule is NCCC[C@@H](C(=O)O)[N+](CC(=O)[O-])(Cc1ccc(O)cc1)C(=O)C(c1ccccc1)c1ccccc1. The molecule has 0 aliphatic rings. The third-order valence-electron chi connectivity index (χ3n) is 6.33. The molecule has 8 nitrogen and oxygen atoms in total. The predicted molar refractivity (Wildman–Crippen MR) is 131 cm³/mol. The Bertz CT molecular complexity index is 1130. The van der Waals surface area contributed by atoms with Crippen LogP contribution in [0, 0.1) is 0 Å². The lowest BCUT2D eigenvalue weighted by atomic mass is 9.87. The summed E-state index contributed by atoms with van der Waals surface area (Å²) in [5.41, 5.74) is 7.40. The van der Waals surface area contributed by atoms with Crippen molar-refractivity contribution in [1.29, 1.82) is 0 Å². The molecule has 0 radical (unpaired) electrons. The molecule has 36 heavy (non-hydrogen) atoms. The molecular formula is C28H30N2O6. The van der Waals surface area contributed by atoms with Crippen molar-refractivity contribution in [3.63, 3.8) is 0 Å². The van der Waals surface area contributed by atoms with Gasteiger partial charge in [0.05, 0.1) is 5.97 Å². The van der Waals surface area contributed by atoms with Gasteiger partial charge in [0.1, 0.15) is 24.8 Å². The molecule has 8 heteroatoms. The molecule has 1 amide bonds. The summed E-state index contributed by atoms with van der Waals surface area (Å²) in [5, 5.41) is 32.1. The maximum atomic E-state index is 14.6. The summed E-state index contributed by atoms with van der Waals surface area (Å²) in [7, 11) is 0. The number of carboxylic acid groups (broad SMARTS) is 2. The number of carboxylic acids is 2. The van der Waals surface area contributed by atoms with Gasteiger partial charge in [0.2, 0.25) is 0 Å². The highest BCUT2D eigenvalue weighted by Crippen LogP contribution is 2.34. The summed E-state index contributed by atoms with van der Waals surface area (Å²) in [5.74, 6) is -4.34. The lowest BCUT2D eigenvalue weighted by Crippen LogP contribution is -2.66. The lowest BCUT2D eigenvalue weighted by molar-refractivity contribution is -0.880. The molecule has 0 saturated heterocycles. The number of aromatic hydroxyl groups is 1. The number of benzene rings is 3. The van der Waals surface area contributed by atoms with E-state index in [4.69, 9.17) is 5.73 Å². The summed E-state index contributed by atoms with van der Waals surface area (Å²) in [6.07, 6.45) is 0.285. The van der Waals surface area contributed by atoms with Gasteiger partial charge in [-0.15, -0.1) is 0 Å². The number of phenolic OH excluding ortho intramolecular Hbond substituents is 1. The normalized spacial score (nSPS) is 13.6. The Morgan fingerprint density at radius 1 is 0.861 bits per heavy atom. The van der Waals surface area contributed by atoms with Gasteiger partial charge in [0.25, 0.3) is 0 Å². The number of quaternary nitrogens is 1. The number of hydrogen-bond acceptors (Lipinski definition) is 6. The fraction of sp³-hybridized carbons (Fsp3) is 0.250. The summed E-state index contributed by atoms with van der Waals surface area (Å²) in [6, 6.07) is 22.3. The van der Waals surface area contributed by atoms with Gasteiger partial charge in [-0.25, -0.2) is 14.1 Å². The van der Waals surface area contributed by atoms with Gasteiger partial charge in [-0.3, -0.25) is 0 Å². The van der Waals surface area contributed by atoms with Crippen molar-refractivity contribution >= 4 is 17.8 Å². The first-order valence-electron chi connectivity index (χ1n) is 11.7. The van der Waals surface area contributed by atoms with Gasteiger partial charge >= 0.3 is 11.9 Å². The van der Waals surface area contributed by atoms with Crippen LogP contribution in [0.15, 0.2) is 84.9 Å². The Labute approximate surface area is 209 Å². The summed E-state index contributed by atoms with van der Waals surface area (Å²) in [6.45, 7) is -0.870. The smallest absolute Gasteiger partial charge is 0.363 e. The molecule has 0 aliphatic carbocycles. The van der Waals surface area contributed by atoms with E-state index in [9.17, 15) is 29.7 Å². The van der Waals surface area contributed by atoms with Crippen LogP contribution in [0.4, 0.5) is 0 Å². The molecule has 0 aromatic heterocycles. The highest BCUT2D eigenvalue weighted by atomic mass is 16.4. The van der Waals surface area contributed by atoms with Gasteiger partial charge in [-0.1, -0.05) is 60.7 Å². The Hall–Kier alpha value is -4.01. The van der Waals surface area contributed by atoms with Gasteiger partial charge in [0, 0.05) is 12.0 Å². The average molecular weight is 491 g/mol. The maximum absolute atomic E-state index is 14.6. The van der Waals surface area contributed by atoms with E-state index >= 15 is 0 Å². The van der Waals surface area contributed by atoms with E-state index in [0.29, 0.717) is 16.7 Å². The molecule has 0 aliphatic heterocycles. The third kappa shape index (κ3) is 6.16. The van der Waals surface area contributed by atoms with Crippen molar-refractivity contribution in [2.45, 2.75) is 31.3 Å². The van der Waals surface area contributed by atoms with E-state index in [1.807, 2.05) is 0 Å². The Balaban J connectivity index is 2.27. The summed E-state index contributed by atoms with van der Waals surface area (Å²) in [4.78, 5) is 39.4. The van der Waals surface area contributed by atoms with Crippen molar-refractivity contribution in [3.05, 3.63) is 102 Å². The van der Waals surface area contributed by atoms with E-state index in [1.54, 1.807) is 72.8 Å². The second kappa shape index (κ2) is 12.1. The Morgan fingerprint density at radius 2 is 1.39 bits per heavy atom. The average Bonchev–Trinajstić information content (AvgIpc) is 2.86. The Morgan fingerprint density at radius 3 is 1.83 bits per heavy atom. The fourth-order valence-electron chi connectivity index (χ4n) is 4.66. The van der Waals surface area contributed by atoms with Crippen molar-refractivity contribution < 1.29 is 34.2 Å². The standard InChI is InChI=1S/C28H30N2O6/c29-17-7-12-24(28(35)36)30(19-25(32)33,18-20-13-15-23(31)16-14-20)27(34)26(21-8-3-1-4-9-21)22-10-5-2-6-11-22/h1-6,8-11,13-16,24,26H,7,12,17-19,29H2,(H2-,31,32,33,35,36)/t24-,30?/m0/s1. The molecule has 0 saturated carbocycles. The van der Waals surface area contributed by atoms with E-state index in [2.05, 4.69) is 0 Å². The number of aliphatic carboxylic acids is 2. The van der Waals surface area contributed by atoms with E-state index in [-0.39, 0.29) is 31.7 Å². The first-order chi connectivity index (χ1) is 17.3. The largest absolute Gasteiger partial charge is 0.544 e. The lowest BCUT2D eigenvalue weighted by Gasteiger charge is -2.43. The van der Waals surface area contributed by atoms with E-state index in [0.717, 1.165) is 0 Å². The van der Waals surface area contributed by atoms with Gasteiger partial charge in [-0.05, 0) is 48.4 Å². The van der Waals surface area contributed by atoms with Crippen LogP contribution >= 0.6 is 0 Å². The number of hydrogen-bond donors (Lipinski definition) is 3. The molecule has 0 heterocycles. The van der Waals surface area contributed by atoms with E-state index < -0.39 is 40.8 Å². The minimum absolute atomic E-state index is 0.000758. The topological polar surface area (TPSA) is 141 Å². The molecule has 188 valence electrons. The van der Waals surface area contributed by atoms with E-state index in [1.165, 1.54) is 12.1 Å². The quantitative estimate of drug-likeness (QED) is 0.330. The van der Waals surface area contributed by atoms with Crippen molar-refractivity contribution in [2.75, 3.05) is 13.1 Å². The third-order valence-corrected chi connectivity index (χ3v) is 6.33. The van der Waals surface area contributed by atoms with Crippen LogP contribution in [-0.4, -0.2) is 51.7 Å². The van der Waals surface area contributed by atoms with Crippen LogP contribution in [0.1, 0.15) is 35.4 Å². The van der Waals surface area contributed by atoms with Crippen LogP contribution in [0.3, 0.4) is 0 Å². The van der Waals surface area contributed by atoms with Crippen LogP contribution in [0.25, 0.3) is 0 Å². The fourth-order valence-corrected chi connectivity index (χ4v) is 4.66. The van der Waals surface area contributed by atoms with Gasteiger partial charge < -0.3 is 25.8 Å². The molecule has 1 unspecified atom stereocenters. The van der Waals surface area contributed by atoms with Crippen LogP contribution in [0.5, 0.6) is 5.75 Å². The van der Waals surface area contributed by atoms with Crippen LogP contribution in [0.2, 0.25) is 0 Å². The number of carbonyl (C=O) groups excluding carboxylic acids is 2. The second-order valence-corrected chi connectivity index (χ2v) is 8.77. The number of nitrogens with zero attached hydrogens (tertiary/aromatic N) is 1. The molecule has 3 aromatic rings. The first-order valence-corrected chi connectivity index (χ1v) is 11.7. The van der Waals surface area contributed by atoms with Crippen LogP contribution < -0.4 is 10.8 Å². The maximum Gasteiger partial charge on any atom is 0.363 e. The molecule has 3 aromatic carbocycles. The molecule has 0 bridgehead atoms. The number of phenols is 1. The Kier molecular flexibility index (Phi) is 8.94. The van der Waals surface area contributed by atoms with Crippen molar-refractivity contribution in [1.82, 2.24) is 0 Å². The highest BCUT2D eigenvalue weighted by molar-refractivity contribution is 5.86. The number of rotatable bonds is 12. The number of amides is 1. The van der Waals surface area contributed by atoms with Gasteiger partial charge in [0.15, 0.2) is 6.04 Å². The van der Waals surface area contributed by atoms with Crippen LogP contribution in [-0.2, 0) is 20.9 Å². The molecule has 4 N–H and O–H groups in total. The zero-order valence-corrected chi connectivity index (χ0v) is 19.8. The first kappa shape index (κ1) is 26.6. The number of carbonyl (C=O) groups is 3. The number of nitrogens with two attached hydrogens (primary N) is 1. The zero-order valence-electron chi connectivity index (χ0n) is 19.8. The van der Waals surface area contributed by atoms with Crippen molar-refractivity contribution in [2.24, 2.45) is 5.73 Å². The van der Waals surface area contributed by atoms with Gasteiger partial charge in [-0.2, -0.15) is 0 Å². The summed E-state index contributed by atoms with van der Waals surface area (Å²) < 4.78 is -0.906. The molecule has 0 fully saturated rings. The van der Waals surface area contributed by atoms with Crippen molar-refractivity contribution in [3.8, 4) is 5.75 Å². The monoisotopic (exact) mass is 490 g/mol. The summed E-state index contributed by atoms with van der Waals surface area (Å²) >= 11 is 0. The molecular weight excluding hydrogens is 460 g/mol. The minimum Gasteiger partial charge on any atom is -0.544 e.